The molecule has 3 aromatic rings. The number of nitrogens with one attached hydrogen (secondary N) is 2. The lowest BCUT2D eigenvalue weighted by Crippen LogP contribution is -2.33. The van der Waals surface area contributed by atoms with Gasteiger partial charge in [0, 0.05) is 24.1 Å². The van der Waals surface area contributed by atoms with E-state index in [1.807, 2.05) is 12.3 Å². The molecule has 0 unspecified atom stereocenters. The van der Waals surface area contributed by atoms with Gasteiger partial charge >= 0.3 is 0 Å². The first-order valence-corrected chi connectivity index (χ1v) is 8.27. The fraction of sp³-hybridized carbons (Fsp3) is 0.500. The van der Waals surface area contributed by atoms with E-state index < -0.39 is 0 Å². The minimum Gasteiger partial charge on any atom is -0.353 e. The van der Waals surface area contributed by atoms with Crippen molar-refractivity contribution in [3.05, 3.63) is 24.3 Å². The normalized spacial score (nSPS) is 24.5. The van der Waals surface area contributed by atoms with E-state index in [0.717, 1.165) is 54.7 Å². The Kier molecular flexibility index (Phi) is 2.71. The van der Waals surface area contributed by atoms with E-state index in [2.05, 4.69) is 29.9 Å². The number of aromatic amines is 1. The van der Waals surface area contributed by atoms with Crippen LogP contribution in [0.15, 0.2) is 18.5 Å². The van der Waals surface area contributed by atoms with Crippen LogP contribution in [0.2, 0.25) is 0 Å². The molecular weight excluding hydrogens is 292 g/mol. The molecule has 1 amide bonds. The topological polar surface area (TPSA) is 88.0 Å². The number of rotatable bonds is 3. The van der Waals surface area contributed by atoms with Crippen molar-refractivity contribution in [1.29, 1.82) is 0 Å². The second-order valence-electron chi connectivity index (χ2n) is 6.71. The molecule has 7 heteroatoms. The Hall–Kier alpha value is -2.44. The van der Waals surface area contributed by atoms with Gasteiger partial charge in [0.05, 0.1) is 11.7 Å². The summed E-state index contributed by atoms with van der Waals surface area (Å²) in [7, 11) is 0. The molecule has 2 atom stereocenters. The lowest BCUT2D eigenvalue weighted by Gasteiger charge is -2.12. The highest BCUT2D eigenvalue weighted by atomic mass is 16.2. The van der Waals surface area contributed by atoms with Crippen LogP contribution in [0.5, 0.6) is 0 Å². The lowest BCUT2D eigenvalue weighted by molar-refractivity contribution is -0.122. The molecule has 0 aliphatic heterocycles. The first-order valence-electron chi connectivity index (χ1n) is 8.27. The van der Waals surface area contributed by atoms with Crippen molar-refractivity contribution in [3.8, 4) is 0 Å². The third kappa shape index (κ3) is 2.10. The smallest absolute Gasteiger partial charge is 0.223 e. The SMILES string of the molecule is O=C(N[C@H]1CC[C@@H](c2nnc3cnc4[nH]ccc4n23)C1)C1CC1. The maximum Gasteiger partial charge on any atom is 0.223 e. The average Bonchev–Trinajstić information content (AvgIpc) is 2.97. The third-order valence-corrected chi connectivity index (χ3v) is 5.06. The van der Waals surface area contributed by atoms with Gasteiger partial charge in [0.2, 0.25) is 5.91 Å². The minimum atomic E-state index is 0.235. The van der Waals surface area contributed by atoms with E-state index in [0.29, 0.717) is 5.92 Å². The van der Waals surface area contributed by atoms with Gasteiger partial charge in [-0.05, 0) is 38.2 Å². The van der Waals surface area contributed by atoms with Gasteiger partial charge in [0.1, 0.15) is 5.82 Å². The number of hydrogen-bond acceptors (Lipinski definition) is 4. The molecule has 118 valence electrons. The monoisotopic (exact) mass is 310 g/mol. The first-order chi connectivity index (χ1) is 11.3. The fourth-order valence-corrected chi connectivity index (χ4v) is 3.67. The molecule has 2 fully saturated rings. The van der Waals surface area contributed by atoms with Crippen LogP contribution in [0.4, 0.5) is 0 Å². The summed E-state index contributed by atoms with van der Waals surface area (Å²) in [6.45, 7) is 0. The maximum absolute atomic E-state index is 12.0. The Morgan fingerprint density at radius 1 is 1.26 bits per heavy atom. The minimum absolute atomic E-state index is 0.235. The number of amides is 1. The van der Waals surface area contributed by atoms with Gasteiger partial charge in [-0.2, -0.15) is 0 Å². The Morgan fingerprint density at radius 2 is 2.17 bits per heavy atom. The Balaban J connectivity index is 1.44. The Morgan fingerprint density at radius 3 is 3.04 bits per heavy atom. The van der Waals surface area contributed by atoms with Crippen molar-refractivity contribution in [2.75, 3.05) is 0 Å². The maximum atomic E-state index is 12.0. The van der Waals surface area contributed by atoms with Crippen molar-refractivity contribution in [2.24, 2.45) is 5.92 Å². The van der Waals surface area contributed by atoms with Gasteiger partial charge in [0.25, 0.3) is 0 Å². The van der Waals surface area contributed by atoms with Crippen LogP contribution >= 0.6 is 0 Å². The summed E-state index contributed by atoms with van der Waals surface area (Å²) in [5.41, 5.74) is 2.63. The molecule has 5 rings (SSSR count). The fourth-order valence-electron chi connectivity index (χ4n) is 3.67. The predicted molar refractivity (Wildman–Crippen MR) is 83.9 cm³/mol. The van der Waals surface area contributed by atoms with Crippen LogP contribution in [0.1, 0.15) is 43.8 Å². The van der Waals surface area contributed by atoms with E-state index >= 15 is 0 Å². The zero-order chi connectivity index (χ0) is 15.4. The standard InChI is InChI=1S/C16H18N6O/c23-16(9-1-2-9)19-11-4-3-10(7-11)15-21-20-13-8-18-14-12(22(13)15)5-6-17-14/h5-6,8-11,17H,1-4,7H2,(H,19,23)/t10-,11+/m1/s1. The van der Waals surface area contributed by atoms with Crippen molar-refractivity contribution >= 4 is 22.7 Å². The van der Waals surface area contributed by atoms with Crippen LogP contribution in [-0.2, 0) is 4.79 Å². The van der Waals surface area contributed by atoms with Crippen molar-refractivity contribution in [2.45, 2.75) is 44.1 Å². The van der Waals surface area contributed by atoms with Gasteiger partial charge in [-0.1, -0.05) is 0 Å². The van der Waals surface area contributed by atoms with Crippen molar-refractivity contribution in [1.82, 2.24) is 29.9 Å². The number of fused-ring (bicyclic) bond motifs is 3. The summed E-state index contributed by atoms with van der Waals surface area (Å²) >= 11 is 0. The molecule has 2 aliphatic carbocycles. The number of nitrogens with zero attached hydrogens (tertiary/aromatic N) is 4. The molecule has 0 spiro atoms. The molecular formula is C16H18N6O. The van der Waals surface area contributed by atoms with Crippen LogP contribution in [0.3, 0.4) is 0 Å². The van der Waals surface area contributed by atoms with E-state index in [9.17, 15) is 4.79 Å². The average molecular weight is 310 g/mol. The molecule has 0 bridgehead atoms. The van der Waals surface area contributed by atoms with Crippen LogP contribution in [-0.4, -0.2) is 36.5 Å². The van der Waals surface area contributed by atoms with Gasteiger partial charge in [-0.3, -0.25) is 9.20 Å². The zero-order valence-corrected chi connectivity index (χ0v) is 12.7. The quantitative estimate of drug-likeness (QED) is 0.771. The first kappa shape index (κ1) is 13.0. The second-order valence-corrected chi connectivity index (χ2v) is 6.71. The van der Waals surface area contributed by atoms with Crippen LogP contribution in [0.25, 0.3) is 16.8 Å². The molecule has 0 aromatic carbocycles. The van der Waals surface area contributed by atoms with Crippen LogP contribution in [0, 0.1) is 5.92 Å². The summed E-state index contributed by atoms with van der Waals surface area (Å²) in [4.78, 5) is 19.4. The van der Waals surface area contributed by atoms with Crippen molar-refractivity contribution in [3.63, 3.8) is 0 Å². The van der Waals surface area contributed by atoms with Gasteiger partial charge in [0.15, 0.2) is 11.3 Å². The second kappa shape index (κ2) is 4.78. The number of hydrogen-bond donors (Lipinski definition) is 2. The third-order valence-electron chi connectivity index (χ3n) is 5.06. The van der Waals surface area contributed by atoms with Gasteiger partial charge in [-0.25, -0.2) is 4.98 Å². The highest BCUT2D eigenvalue weighted by Crippen LogP contribution is 2.36. The van der Waals surface area contributed by atoms with E-state index in [4.69, 9.17) is 0 Å². The highest BCUT2D eigenvalue weighted by Gasteiger charge is 2.35. The van der Waals surface area contributed by atoms with Crippen LogP contribution < -0.4 is 5.32 Å². The van der Waals surface area contributed by atoms with Gasteiger partial charge < -0.3 is 10.3 Å². The number of carbonyl (C=O) groups is 1. The molecule has 3 aromatic heterocycles. The van der Waals surface area contributed by atoms with E-state index in [1.54, 1.807) is 6.20 Å². The summed E-state index contributed by atoms with van der Waals surface area (Å²) in [5, 5.41) is 11.9. The number of carbonyl (C=O) groups excluding carboxylic acids is 1. The molecule has 7 nitrogen and oxygen atoms in total. The highest BCUT2D eigenvalue weighted by molar-refractivity contribution is 5.81. The summed E-state index contributed by atoms with van der Waals surface area (Å²) in [5.74, 6) is 1.82. The molecule has 3 heterocycles. The van der Waals surface area contributed by atoms with E-state index in [-0.39, 0.29) is 17.9 Å². The molecule has 2 aliphatic rings. The summed E-state index contributed by atoms with van der Waals surface area (Å²) in [6, 6.07) is 2.27. The summed E-state index contributed by atoms with van der Waals surface area (Å²) in [6.07, 6.45) is 8.72. The molecule has 0 radical (unpaired) electrons. The zero-order valence-electron chi connectivity index (χ0n) is 12.7. The van der Waals surface area contributed by atoms with Crippen molar-refractivity contribution < 1.29 is 4.79 Å². The summed E-state index contributed by atoms with van der Waals surface area (Å²) < 4.78 is 2.09. The Labute approximate surface area is 132 Å². The number of H-pyrrole nitrogens is 1. The largest absolute Gasteiger partial charge is 0.353 e. The predicted octanol–water partition coefficient (Wildman–Crippen LogP) is 1.77. The van der Waals surface area contributed by atoms with E-state index in [1.165, 1.54) is 0 Å². The number of aromatic nitrogens is 5. The lowest BCUT2D eigenvalue weighted by atomic mass is 10.1. The van der Waals surface area contributed by atoms with Gasteiger partial charge in [-0.15, -0.1) is 10.2 Å². The molecule has 23 heavy (non-hydrogen) atoms. The Bertz CT molecular complexity index is 892. The molecule has 2 saturated carbocycles. The molecule has 0 saturated heterocycles. The molecule has 2 N–H and O–H groups in total.